The minimum atomic E-state index is 0.766. The molecule has 0 aliphatic rings. The van der Waals surface area contributed by atoms with E-state index >= 15 is 0 Å². The Morgan fingerprint density at radius 3 is 2.38 bits per heavy atom. The van der Waals surface area contributed by atoms with Crippen molar-refractivity contribution in [3.8, 4) is 17.2 Å². The number of aryl methyl sites for hydroxylation is 2. The minimum Gasteiger partial charge on any atom is -0.303 e. The van der Waals surface area contributed by atoms with E-state index in [9.17, 15) is 0 Å². The lowest BCUT2D eigenvalue weighted by Gasteiger charge is -2.11. The van der Waals surface area contributed by atoms with E-state index in [-0.39, 0.29) is 0 Å². The Labute approximate surface area is 154 Å². The molecule has 26 heavy (non-hydrogen) atoms. The summed E-state index contributed by atoms with van der Waals surface area (Å²) < 4.78 is 2.13. The van der Waals surface area contributed by atoms with E-state index in [4.69, 9.17) is 4.98 Å². The van der Waals surface area contributed by atoms with Gasteiger partial charge in [0.25, 0.3) is 0 Å². The van der Waals surface area contributed by atoms with Gasteiger partial charge in [-0.05, 0) is 64.1 Å². The van der Waals surface area contributed by atoms with Crippen LogP contribution in [0.2, 0.25) is 0 Å². The van der Waals surface area contributed by atoms with Gasteiger partial charge in [0.05, 0.1) is 17.1 Å². The summed E-state index contributed by atoms with van der Waals surface area (Å²) in [6.45, 7) is 9.93. The number of hydrogen-bond acceptors (Lipinski definition) is 4. The lowest BCUT2D eigenvalue weighted by atomic mass is 10.2. The first-order valence-electron chi connectivity index (χ1n) is 8.87. The van der Waals surface area contributed by atoms with E-state index in [0.717, 1.165) is 47.4 Å². The van der Waals surface area contributed by atoms with Crippen LogP contribution in [0.15, 0.2) is 59.0 Å². The Hall–Kier alpha value is -3.02. The average Bonchev–Trinajstić information content (AvgIpc) is 3.01. The number of hydrogen-bond donors (Lipinski definition) is 0. The number of pyridine rings is 2. The van der Waals surface area contributed by atoms with Crippen molar-refractivity contribution in [1.29, 1.82) is 0 Å². The Kier molecular flexibility index (Phi) is 5.41. The van der Waals surface area contributed by atoms with E-state index in [2.05, 4.69) is 59.7 Å². The molecule has 0 saturated carbocycles. The van der Waals surface area contributed by atoms with Crippen molar-refractivity contribution >= 4 is 5.69 Å². The summed E-state index contributed by atoms with van der Waals surface area (Å²) in [5.41, 5.74) is 4.67. The lowest BCUT2D eigenvalue weighted by molar-refractivity contribution is 0.301. The maximum Gasteiger partial charge on any atom is 0.137 e. The molecule has 0 radical (unpaired) electrons. The first kappa shape index (κ1) is 17.8. The summed E-state index contributed by atoms with van der Waals surface area (Å²) in [7, 11) is 0. The molecule has 0 saturated heterocycles. The Balaban J connectivity index is 1.93. The van der Waals surface area contributed by atoms with Gasteiger partial charge in [-0.1, -0.05) is 11.3 Å². The predicted octanol–water partition coefficient (Wildman–Crippen LogP) is 4.89. The fourth-order valence-electron chi connectivity index (χ4n) is 2.81. The van der Waals surface area contributed by atoms with E-state index in [0.29, 0.717) is 0 Å². The fraction of sp³-hybridized carbons (Fsp3) is 0.300. The SMILES string of the molecule is CCN(CC)N=Nc1ccnc(-c2cccc(-n3c(C)ccc3C)n2)c1. The lowest BCUT2D eigenvalue weighted by Crippen LogP contribution is -2.14. The van der Waals surface area contributed by atoms with Crippen molar-refractivity contribution in [2.45, 2.75) is 27.7 Å². The first-order valence-corrected chi connectivity index (χ1v) is 8.87. The standard InChI is InChI=1S/C20H24N6/c1-5-25(6-2)24-23-17-12-13-21-19(14-17)18-8-7-9-20(22-18)26-15(3)10-11-16(26)4/h7-14H,5-6H2,1-4H3. The van der Waals surface area contributed by atoms with Gasteiger partial charge in [0.1, 0.15) is 5.82 Å². The van der Waals surface area contributed by atoms with Gasteiger partial charge >= 0.3 is 0 Å². The van der Waals surface area contributed by atoms with Crippen LogP contribution in [-0.2, 0) is 0 Å². The van der Waals surface area contributed by atoms with Gasteiger partial charge in [0.15, 0.2) is 0 Å². The van der Waals surface area contributed by atoms with Gasteiger partial charge in [0, 0.05) is 30.7 Å². The smallest absolute Gasteiger partial charge is 0.137 e. The monoisotopic (exact) mass is 348 g/mol. The molecule has 0 unspecified atom stereocenters. The molecule has 0 aliphatic carbocycles. The molecule has 0 N–H and O–H groups in total. The normalized spacial score (nSPS) is 11.2. The van der Waals surface area contributed by atoms with Gasteiger partial charge in [-0.15, -0.1) is 5.11 Å². The highest BCUT2D eigenvalue weighted by atomic mass is 15.5. The van der Waals surface area contributed by atoms with E-state index in [1.807, 2.05) is 35.3 Å². The second kappa shape index (κ2) is 7.91. The molecule has 134 valence electrons. The number of rotatable bonds is 6. The van der Waals surface area contributed by atoms with Crippen LogP contribution in [-0.4, -0.2) is 32.6 Å². The van der Waals surface area contributed by atoms with E-state index in [1.54, 1.807) is 6.20 Å². The molecule has 0 bridgehead atoms. The zero-order valence-electron chi connectivity index (χ0n) is 15.7. The molecule has 6 nitrogen and oxygen atoms in total. The molecule has 3 aromatic rings. The zero-order valence-corrected chi connectivity index (χ0v) is 15.7. The highest BCUT2D eigenvalue weighted by molar-refractivity contribution is 5.59. The van der Waals surface area contributed by atoms with Gasteiger partial charge in [-0.2, -0.15) is 0 Å². The van der Waals surface area contributed by atoms with Crippen molar-refractivity contribution in [3.63, 3.8) is 0 Å². The van der Waals surface area contributed by atoms with Crippen LogP contribution < -0.4 is 0 Å². The summed E-state index contributed by atoms with van der Waals surface area (Å²) in [6, 6.07) is 13.9. The average molecular weight is 348 g/mol. The maximum absolute atomic E-state index is 4.79. The second-order valence-corrected chi connectivity index (χ2v) is 6.06. The summed E-state index contributed by atoms with van der Waals surface area (Å²) in [5.74, 6) is 0.888. The van der Waals surface area contributed by atoms with Crippen molar-refractivity contribution in [3.05, 3.63) is 60.0 Å². The van der Waals surface area contributed by atoms with Crippen LogP contribution in [0.1, 0.15) is 25.2 Å². The molecule has 0 aromatic carbocycles. The molecular formula is C20H24N6. The minimum absolute atomic E-state index is 0.766. The largest absolute Gasteiger partial charge is 0.303 e. The molecule has 0 amide bonds. The highest BCUT2D eigenvalue weighted by Gasteiger charge is 2.08. The van der Waals surface area contributed by atoms with Gasteiger partial charge < -0.3 is 4.57 Å². The second-order valence-electron chi connectivity index (χ2n) is 6.06. The molecule has 0 atom stereocenters. The molecule has 0 aliphatic heterocycles. The Morgan fingerprint density at radius 1 is 0.962 bits per heavy atom. The fourth-order valence-corrected chi connectivity index (χ4v) is 2.81. The van der Waals surface area contributed by atoms with Crippen LogP contribution >= 0.6 is 0 Å². The van der Waals surface area contributed by atoms with Crippen LogP contribution in [0.25, 0.3) is 17.2 Å². The van der Waals surface area contributed by atoms with Gasteiger partial charge in [-0.3, -0.25) is 9.99 Å². The van der Waals surface area contributed by atoms with E-state index < -0.39 is 0 Å². The van der Waals surface area contributed by atoms with Crippen LogP contribution in [0.4, 0.5) is 5.69 Å². The number of aromatic nitrogens is 3. The zero-order chi connectivity index (χ0) is 18.5. The third-order valence-corrected chi connectivity index (χ3v) is 4.26. The van der Waals surface area contributed by atoms with Crippen LogP contribution in [0, 0.1) is 13.8 Å². The van der Waals surface area contributed by atoms with Crippen LogP contribution in [0.5, 0.6) is 0 Å². The summed E-state index contributed by atoms with van der Waals surface area (Å²) >= 11 is 0. The molecule has 3 aromatic heterocycles. The third-order valence-electron chi connectivity index (χ3n) is 4.26. The molecule has 0 spiro atoms. The molecular weight excluding hydrogens is 324 g/mol. The van der Waals surface area contributed by atoms with Crippen molar-refractivity contribution in [1.82, 2.24) is 19.5 Å². The van der Waals surface area contributed by atoms with Crippen LogP contribution in [0.3, 0.4) is 0 Å². The van der Waals surface area contributed by atoms with Crippen molar-refractivity contribution < 1.29 is 0 Å². The first-order chi connectivity index (χ1) is 12.6. The third kappa shape index (κ3) is 3.79. The van der Waals surface area contributed by atoms with E-state index in [1.165, 1.54) is 0 Å². The molecule has 6 heteroatoms. The molecule has 3 rings (SSSR count). The summed E-state index contributed by atoms with van der Waals surface area (Å²) in [6.07, 6.45) is 1.74. The summed E-state index contributed by atoms with van der Waals surface area (Å²) in [5, 5.41) is 10.5. The topological polar surface area (TPSA) is 58.7 Å². The quantitative estimate of drug-likeness (QED) is 0.470. The highest BCUT2D eigenvalue weighted by Crippen LogP contribution is 2.23. The van der Waals surface area contributed by atoms with Gasteiger partial charge in [0.2, 0.25) is 0 Å². The van der Waals surface area contributed by atoms with Gasteiger partial charge in [-0.25, -0.2) is 4.98 Å². The molecule has 0 fully saturated rings. The maximum atomic E-state index is 4.79. The van der Waals surface area contributed by atoms with Crippen molar-refractivity contribution in [2.75, 3.05) is 13.1 Å². The number of nitrogens with zero attached hydrogens (tertiary/aromatic N) is 6. The predicted molar refractivity (Wildman–Crippen MR) is 104 cm³/mol. The molecule has 3 heterocycles. The van der Waals surface area contributed by atoms with Crippen molar-refractivity contribution in [2.24, 2.45) is 10.3 Å². The Bertz CT molecular complexity index is 889. The summed E-state index contributed by atoms with van der Waals surface area (Å²) in [4.78, 5) is 9.25. The Morgan fingerprint density at radius 2 is 1.69 bits per heavy atom.